The van der Waals surface area contributed by atoms with Crippen LogP contribution in [-0.4, -0.2) is 4.21 Å². The zero-order valence-electron chi connectivity index (χ0n) is 39.0. The van der Waals surface area contributed by atoms with E-state index in [1.54, 1.807) is 0 Å². The molecular weight excluding hydrogens is 882 g/mol. The summed E-state index contributed by atoms with van der Waals surface area (Å²) in [6.07, 6.45) is 8.24. The number of benzene rings is 4. The Labute approximate surface area is 382 Å². The second kappa shape index (κ2) is 16.4. The fraction of sp³-hybridized carbons (Fsp3) is 0.463. The molecule has 1 unspecified atom stereocenters. The molecule has 59 heavy (non-hydrogen) atoms. The first-order valence-corrected chi connectivity index (χ1v) is 28.8. The summed E-state index contributed by atoms with van der Waals surface area (Å²) >= 11 is 8.92. The van der Waals surface area contributed by atoms with Gasteiger partial charge in [0.2, 0.25) is 0 Å². The molecule has 4 aromatic rings. The van der Waals surface area contributed by atoms with E-state index < -0.39 is 18.3 Å². The van der Waals surface area contributed by atoms with Gasteiger partial charge in [-0.2, -0.15) is 0 Å². The number of halogens is 4. The van der Waals surface area contributed by atoms with E-state index in [1.165, 1.54) is 63.2 Å². The number of allylic oxidation sites excluding steroid dienone is 4. The number of hydrogen-bond donors (Lipinski definition) is 0. The summed E-state index contributed by atoms with van der Waals surface area (Å²) in [5, 5.41) is 1.50. The Morgan fingerprint density at radius 3 is 1.51 bits per heavy atom. The first kappa shape index (κ1) is 49.9. The van der Waals surface area contributed by atoms with E-state index >= 15 is 0 Å². The minimum absolute atomic E-state index is 0. The molecule has 0 fully saturated rings. The molecule has 0 bridgehead atoms. The van der Waals surface area contributed by atoms with Crippen molar-refractivity contribution < 1.29 is 18.3 Å². The zero-order valence-corrected chi connectivity index (χ0v) is 44.6. The van der Waals surface area contributed by atoms with Gasteiger partial charge in [0.1, 0.15) is 0 Å². The summed E-state index contributed by atoms with van der Waals surface area (Å²) in [4.78, 5) is 0. The van der Waals surface area contributed by atoms with Crippen LogP contribution in [-0.2, 0) is 46.4 Å². The molecule has 0 saturated carbocycles. The van der Waals surface area contributed by atoms with E-state index in [-0.39, 0.29) is 57.8 Å². The van der Waals surface area contributed by atoms with Crippen molar-refractivity contribution >= 4 is 62.0 Å². The van der Waals surface area contributed by atoms with Crippen molar-refractivity contribution in [2.75, 3.05) is 0 Å². The molecule has 0 N–H and O–H groups in total. The van der Waals surface area contributed by atoms with Crippen LogP contribution >= 0.6 is 48.0 Å². The van der Waals surface area contributed by atoms with Gasteiger partial charge in [-0.05, 0) is 0 Å². The number of fused-ring (bicyclic) bond motifs is 3. The molecule has 1 atom stereocenters. The third-order valence-corrected chi connectivity index (χ3v) is 29.9. The van der Waals surface area contributed by atoms with Gasteiger partial charge in [-0.25, -0.2) is 0 Å². The Kier molecular flexibility index (Phi) is 13.9. The molecule has 0 spiro atoms. The molecule has 0 radical (unpaired) electrons. The topological polar surface area (TPSA) is 0 Å². The van der Waals surface area contributed by atoms with Crippen molar-refractivity contribution in [2.45, 2.75) is 152 Å². The van der Waals surface area contributed by atoms with Crippen LogP contribution < -0.4 is 9.81 Å². The van der Waals surface area contributed by atoms with Crippen LogP contribution in [0, 0.1) is 11.3 Å². The molecule has 0 saturated heterocycles. The average molecular weight is 954 g/mol. The second-order valence-electron chi connectivity index (χ2n) is 22.8. The van der Waals surface area contributed by atoms with E-state index in [9.17, 15) is 0 Å². The van der Waals surface area contributed by atoms with Crippen LogP contribution in [0.3, 0.4) is 0 Å². The summed E-state index contributed by atoms with van der Waals surface area (Å²) < 4.78 is 11.6. The molecule has 4 aromatic carbocycles. The molecule has 2 aliphatic rings. The SMILES string of the molecule is Cl.Cl.[CH2]=[Zr]([C]1=CC(C(C)(C)C)=CC1CCC)([c]1cccc(Cl)c1)([c]1cccc(Cl)c1)[c]1c2c(cc(C(C)(C)C)c1C(C)(C)C)-c1cc(C(C)(C)C)c(C(C)(C)C)cc1C2. The van der Waals surface area contributed by atoms with Gasteiger partial charge in [-0.1, -0.05) is 0 Å². The van der Waals surface area contributed by atoms with E-state index in [0.717, 1.165) is 29.3 Å². The molecule has 5 heteroatoms. The van der Waals surface area contributed by atoms with Gasteiger partial charge in [0.15, 0.2) is 0 Å². The standard InChI is InChI=1S/C29H41.C12H19.2C6H4Cl.CH2.2ClH.Zr/c1-26(2,3)22-14-18-13-19-15-23(27(4,5)6)25(29(10,11)12)17-21(19)20(18)16-24(22)28(7,8)9;1-5-6-10-7-8-11(9-10)12(2,3)4;2*7-6-4-2-1-3-5-6;;;;/h14,16-17H,13H2,1-12H3;8-10H,5-6H2,1-4H3;2*1-2,4-5H;1H2;2*1H;. The Morgan fingerprint density at radius 1 is 0.610 bits per heavy atom. The van der Waals surface area contributed by atoms with E-state index in [1.807, 2.05) is 12.1 Å². The molecule has 0 amide bonds. The Bertz CT molecular complexity index is 2340. The van der Waals surface area contributed by atoms with Crippen LogP contribution in [0.15, 0.2) is 87.7 Å². The predicted molar refractivity (Wildman–Crippen MR) is 267 cm³/mol. The van der Waals surface area contributed by atoms with Gasteiger partial charge in [0.05, 0.1) is 0 Å². The van der Waals surface area contributed by atoms with Crippen molar-refractivity contribution in [3.05, 3.63) is 131 Å². The molecule has 0 aromatic heterocycles. The van der Waals surface area contributed by atoms with E-state index in [2.05, 4.69) is 178 Å². The second-order valence-corrected chi connectivity index (χ2v) is 36.3. The monoisotopic (exact) mass is 950 g/mol. The van der Waals surface area contributed by atoms with Crippen LogP contribution in [0.25, 0.3) is 11.1 Å². The Hall–Kier alpha value is -1.73. The summed E-state index contributed by atoms with van der Waals surface area (Å²) in [6.45, 7) is 38.2. The summed E-state index contributed by atoms with van der Waals surface area (Å²) in [7, 11) is 0. The van der Waals surface area contributed by atoms with Crippen molar-refractivity contribution in [3.63, 3.8) is 0 Å². The number of rotatable bonds is 6. The molecule has 0 heterocycles. The fourth-order valence-corrected chi connectivity index (χ4v) is 29.0. The van der Waals surface area contributed by atoms with Gasteiger partial charge in [-0.15, -0.1) is 24.8 Å². The Morgan fingerprint density at radius 2 is 1.08 bits per heavy atom. The quantitative estimate of drug-likeness (QED) is 0.159. The van der Waals surface area contributed by atoms with Crippen molar-refractivity contribution in [1.29, 1.82) is 0 Å². The number of hydrogen-bond acceptors (Lipinski definition) is 0. The maximum atomic E-state index is 7.22. The first-order chi connectivity index (χ1) is 26.0. The van der Waals surface area contributed by atoms with Crippen LogP contribution in [0.2, 0.25) is 10.0 Å². The van der Waals surface area contributed by atoms with Crippen molar-refractivity contribution in [2.24, 2.45) is 11.3 Å². The van der Waals surface area contributed by atoms with Gasteiger partial charge in [0.25, 0.3) is 0 Å². The molecule has 0 nitrogen and oxygen atoms in total. The molecule has 0 aliphatic heterocycles. The van der Waals surface area contributed by atoms with Crippen LogP contribution in [0.5, 0.6) is 0 Å². The molecule has 6 rings (SSSR count). The van der Waals surface area contributed by atoms with Gasteiger partial charge in [-0.3, -0.25) is 0 Å². The van der Waals surface area contributed by atoms with Gasteiger partial charge in [0, 0.05) is 0 Å². The van der Waals surface area contributed by atoms with Gasteiger partial charge < -0.3 is 0 Å². The Balaban J connectivity index is 0.00000384. The van der Waals surface area contributed by atoms with Crippen LogP contribution in [0.1, 0.15) is 157 Å². The molecular formula is C54H72Cl4Zr. The fourth-order valence-electron chi connectivity index (χ4n) is 10.4. The first-order valence-electron chi connectivity index (χ1n) is 21.4. The average Bonchev–Trinajstić information content (AvgIpc) is 3.67. The molecule has 2 aliphatic carbocycles. The van der Waals surface area contributed by atoms with E-state index in [0.29, 0.717) is 0 Å². The summed E-state index contributed by atoms with van der Waals surface area (Å²) in [6, 6.07) is 25.5. The third kappa shape index (κ3) is 8.55. The zero-order chi connectivity index (χ0) is 42.5. The summed E-state index contributed by atoms with van der Waals surface area (Å²) in [5.74, 6) is 0.232. The molecule has 320 valence electrons. The maximum absolute atomic E-state index is 7.22. The summed E-state index contributed by atoms with van der Waals surface area (Å²) in [5.41, 5.74) is 12.4. The minimum atomic E-state index is -5.51. The third-order valence-electron chi connectivity index (χ3n) is 13.2. The normalized spacial score (nSPS) is 16.2. The van der Waals surface area contributed by atoms with Crippen molar-refractivity contribution in [3.8, 4) is 11.1 Å². The van der Waals surface area contributed by atoms with E-state index in [4.69, 9.17) is 27.4 Å². The van der Waals surface area contributed by atoms with Crippen molar-refractivity contribution in [1.82, 2.24) is 0 Å². The predicted octanol–water partition coefficient (Wildman–Crippen LogP) is 15.3. The van der Waals surface area contributed by atoms with Gasteiger partial charge >= 0.3 is 361 Å². The van der Waals surface area contributed by atoms with Crippen LogP contribution in [0.4, 0.5) is 0 Å².